The Morgan fingerprint density at radius 2 is 1.67 bits per heavy atom. The summed E-state index contributed by atoms with van der Waals surface area (Å²) < 4.78 is 39.2. The minimum absolute atomic E-state index is 0.0310. The van der Waals surface area contributed by atoms with Crippen molar-refractivity contribution >= 4 is 38.2 Å². The van der Waals surface area contributed by atoms with Crippen LogP contribution in [0.3, 0.4) is 0 Å². The van der Waals surface area contributed by atoms with Gasteiger partial charge < -0.3 is 14.8 Å². The van der Waals surface area contributed by atoms with E-state index in [1.54, 1.807) is 36.5 Å². The Hall–Kier alpha value is -4.11. The number of rotatable bonds is 5. The van der Waals surface area contributed by atoms with Crippen molar-refractivity contribution in [2.75, 3.05) is 23.3 Å². The molecule has 0 atom stereocenters. The van der Waals surface area contributed by atoms with Crippen LogP contribution in [0.1, 0.15) is 10.4 Å². The smallest absolute Gasteiger partial charge is 0.262 e. The van der Waals surface area contributed by atoms with Crippen molar-refractivity contribution in [2.45, 2.75) is 4.90 Å². The maximum absolute atomic E-state index is 12.9. The summed E-state index contributed by atoms with van der Waals surface area (Å²) in [5, 5.41) is 3.75. The van der Waals surface area contributed by atoms with Crippen LogP contribution in [0.25, 0.3) is 10.9 Å². The third kappa shape index (κ3) is 4.31. The van der Waals surface area contributed by atoms with Gasteiger partial charge in [-0.15, -0.1) is 0 Å². The number of aromatic nitrogens is 1. The average molecular weight is 461 g/mol. The summed E-state index contributed by atoms with van der Waals surface area (Å²) in [5.74, 6) is 0.497. The second-order valence-electron chi connectivity index (χ2n) is 7.33. The van der Waals surface area contributed by atoms with Gasteiger partial charge in [-0.2, -0.15) is 0 Å². The van der Waals surface area contributed by atoms with Gasteiger partial charge in [-0.25, -0.2) is 8.42 Å². The zero-order chi connectivity index (χ0) is 22.8. The molecule has 33 heavy (non-hydrogen) atoms. The molecule has 2 heterocycles. The fourth-order valence-electron chi connectivity index (χ4n) is 3.53. The van der Waals surface area contributed by atoms with Crippen LogP contribution < -0.4 is 19.5 Å². The molecule has 4 aromatic rings. The lowest BCUT2D eigenvalue weighted by molar-refractivity contribution is 0.102. The Kier molecular flexibility index (Phi) is 5.31. The molecule has 5 rings (SSSR count). The van der Waals surface area contributed by atoms with Crippen LogP contribution in [-0.2, 0) is 10.0 Å². The van der Waals surface area contributed by atoms with E-state index in [2.05, 4.69) is 15.0 Å². The number of carbonyl (C=O) groups excluding carboxylic acids is 1. The molecule has 1 aromatic heterocycles. The summed E-state index contributed by atoms with van der Waals surface area (Å²) in [7, 11) is -3.90. The van der Waals surface area contributed by atoms with E-state index in [1.807, 2.05) is 24.3 Å². The molecule has 0 spiro atoms. The van der Waals surface area contributed by atoms with Crippen molar-refractivity contribution in [1.82, 2.24) is 4.98 Å². The lowest BCUT2D eigenvalue weighted by Crippen LogP contribution is -2.18. The number of hydrogen-bond acceptors (Lipinski definition) is 6. The predicted molar refractivity (Wildman–Crippen MR) is 124 cm³/mol. The van der Waals surface area contributed by atoms with Crippen LogP contribution >= 0.6 is 0 Å². The van der Waals surface area contributed by atoms with Gasteiger partial charge >= 0.3 is 0 Å². The van der Waals surface area contributed by atoms with Gasteiger partial charge in [-0.3, -0.25) is 14.5 Å². The lowest BCUT2D eigenvalue weighted by atomic mass is 10.1. The molecule has 0 saturated heterocycles. The SMILES string of the molecule is O=C(Nc1cccc2cccnc12)c1cccc(NS(=O)(=O)c2ccc3c(c2)OCCO3)c1. The minimum atomic E-state index is -3.90. The Bertz CT molecular complexity index is 1460. The summed E-state index contributed by atoms with van der Waals surface area (Å²) in [6.07, 6.45) is 1.66. The molecule has 1 aliphatic heterocycles. The first-order valence-corrected chi connectivity index (χ1v) is 11.7. The zero-order valence-corrected chi connectivity index (χ0v) is 18.1. The summed E-state index contributed by atoms with van der Waals surface area (Å²) in [6.45, 7) is 0.772. The molecule has 166 valence electrons. The molecular weight excluding hydrogens is 442 g/mol. The number of hydrogen-bond donors (Lipinski definition) is 2. The van der Waals surface area contributed by atoms with E-state index < -0.39 is 10.0 Å². The highest BCUT2D eigenvalue weighted by Gasteiger charge is 2.20. The molecule has 9 heteroatoms. The topological polar surface area (TPSA) is 107 Å². The third-order valence-corrected chi connectivity index (χ3v) is 6.46. The molecule has 1 aliphatic rings. The summed E-state index contributed by atoms with van der Waals surface area (Å²) in [4.78, 5) is 17.2. The number of para-hydroxylation sites is 1. The van der Waals surface area contributed by atoms with E-state index in [-0.39, 0.29) is 16.5 Å². The van der Waals surface area contributed by atoms with E-state index in [0.717, 1.165) is 5.39 Å². The van der Waals surface area contributed by atoms with Crippen LogP contribution in [0.4, 0.5) is 11.4 Å². The second kappa shape index (κ2) is 8.44. The Morgan fingerprint density at radius 3 is 2.55 bits per heavy atom. The van der Waals surface area contributed by atoms with E-state index >= 15 is 0 Å². The van der Waals surface area contributed by atoms with Gasteiger partial charge in [0.1, 0.15) is 13.2 Å². The number of nitrogens with one attached hydrogen (secondary N) is 2. The van der Waals surface area contributed by atoms with Crippen LogP contribution in [0.2, 0.25) is 0 Å². The quantitative estimate of drug-likeness (QED) is 0.464. The summed E-state index contributed by atoms with van der Waals surface area (Å²) in [6, 6.07) is 19.9. The van der Waals surface area contributed by atoms with E-state index in [0.29, 0.717) is 41.5 Å². The predicted octanol–water partition coefficient (Wildman–Crippen LogP) is 4.06. The highest BCUT2D eigenvalue weighted by atomic mass is 32.2. The molecular formula is C24H19N3O5S. The largest absolute Gasteiger partial charge is 0.486 e. The first kappa shape index (κ1) is 20.8. The molecule has 3 aromatic carbocycles. The van der Waals surface area contributed by atoms with Crippen LogP contribution in [-0.4, -0.2) is 32.5 Å². The number of amides is 1. The standard InChI is InChI=1S/C24H19N3O5S/c28-24(26-20-8-2-4-16-6-3-11-25-23(16)20)17-5-1-7-18(14-17)27-33(29,30)19-9-10-21-22(15-19)32-13-12-31-21/h1-11,14-15,27H,12-13H2,(H,26,28). The molecule has 0 saturated carbocycles. The van der Waals surface area contributed by atoms with E-state index in [1.165, 1.54) is 18.2 Å². The molecule has 0 unspecified atom stereocenters. The van der Waals surface area contributed by atoms with Crippen molar-refractivity contribution in [3.63, 3.8) is 0 Å². The van der Waals surface area contributed by atoms with Crippen molar-refractivity contribution in [2.24, 2.45) is 0 Å². The zero-order valence-electron chi connectivity index (χ0n) is 17.3. The number of ether oxygens (including phenoxy) is 2. The highest BCUT2D eigenvalue weighted by molar-refractivity contribution is 7.92. The minimum Gasteiger partial charge on any atom is -0.486 e. The Labute approximate surface area is 190 Å². The van der Waals surface area contributed by atoms with Crippen molar-refractivity contribution in [3.8, 4) is 11.5 Å². The average Bonchev–Trinajstić information content (AvgIpc) is 2.84. The van der Waals surface area contributed by atoms with E-state index in [9.17, 15) is 13.2 Å². The van der Waals surface area contributed by atoms with Gasteiger partial charge in [0.25, 0.3) is 15.9 Å². The van der Waals surface area contributed by atoms with Gasteiger partial charge in [-0.1, -0.05) is 24.3 Å². The van der Waals surface area contributed by atoms with Crippen molar-refractivity contribution < 1.29 is 22.7 Å². The second-order valence-corrected chi connectivity index (χ2v) is 9.01. The molecule has 0 bridgehead atoms. The normalized spacial score (nSPS) is 12.8. The van der Waals surface area contributed by atoms with Crippen LogP contribution in [0.15, 0.2) is 83.9 Å². The first-order chi connectivity index (χ1) is 16.0. The number of sulfonamides is 1. The summed E-state index contributed by atoms with van der Waals surface area (Å²) >= 11 is 0. The Balaban J connectivity index is 1.37. The molecule has 0 fully saturated rings. The maximum atomic E-state index is 12.9. The van der Waals surface area contributed by atoms with Crippen LogP contribution in [0.5, 0.6) is 11.5 Å². The molecule has 0 aliphatic carbocycles. The third-order valence-electron chi connectivity index (χ3n) is 5.08. The number of nitrogens with zero attached hydrogens (tertiary/aromatic N) is 1. The van der Waals surface area contributed by atoms with Gasteiger partial charge in [0.05, 0.1) is 16.1 Å². The molecule has 2 N–H and O–H groups in total. The molecule has 8 nitrogen and oxygen atoms in total. The molecule has 1 amide bonds. The highest BCUT2D eigenvalue weighted by Crippen LogP contribution is 2.33. The monoisotopic (exact) mass is 461 g/mol. The number of fused-ring (bicyclic) bond motifs is 2. The summed E-state index contributed by atoms with van der Waals surface area (Å²) in [5.41, 5.74) is 1.79. The van der Waals surface area contributed by atoms with Gasteiger partial charge in [0.15, 0.2) is 11.5 Å². The fraction of sp³-hybridized carbons (Fsp3) is 0.0833. The van der Waals surface area contributed by atoms with Gasteiger partial charge in [-0.05, 0) is 42.5 Å². The van der Waals surface area contributed by atoms with Crippen LogP contribution in [0, 0.1) is 0 Å². The number of carbonyl (C=O) groups is 1. The number of pyridine rings is 1. The maximum Gasteiger partial charge on any atom is 0.262 e. The lowest BCUT2D eigenvalue weighted by Gasteiger charge is -2.19. The van der Waals surface area contributed by atoms with Gasteiger partial charge in [0.2, 0.25) is 0 Å². The number of benzene rings is 3. The van der Waals surface area contributed by atoms with Crippen molar-refractivity contribution in [1.29, 1.82) is 0 Å². The fourth-order valence-corrected chi connectivity index (χ4v) is 4.59. The van der Waals surface area contributed by atoms with Crippen molar-refractivity contribution in [3.05, 3.63) is 84.6 Å². The molecule has 0 radical (unpaired) electrons. The van der Waals surface area contributed by atoms with E-state index in [4.69, 9.17) is 9.47 Å². The van der Waals surface area contributed by atoms with Gasteiger partial charge in [0, 0.05) is 28.9 Å². The number of anilines is 2. The Morgan fingerprint density at radius 1 is 0.879 bits per heavy atom. The first-order valence-electron chi connectivity index (χ1n) is 10.2.